The molecule has 0 aliphatic carbocycles. The molecule has 1 atom stereocenters. The highest BCUT2D eigenvalue weighted by atomic mass is 16.5. The highest BCUT2D eigenvalue weighted by Gasteiger charge is 2.27. The average molecular weight is 392 g/mol. The molecule has 0 spiro atoms. The Bertz CT molecular complexity index is 855. The number of nitrogens with zero attached hydrogens (tertiary/aromatic N) is 1. The van der Waals surface area contributed by atoms with Gasteiger partial charge in [-0.15, -0.1) is 0 Å². The molecule has 0 radical (unpaired) electrons. The van der Waals surface area contributed by atoms with Crippen molar-refractivity contribution in [2.24, 2.45) is 5.92 Å². The van der Waals surface area contributed by atoms with Crippen LogP contribution in [0.4, 0.5) is 0 Å². The maximum atomic E-state index is 12.7. The van der Waals surface area contributed by atoms with E-state index in [-0.39, 0.29) is 23.8 Å². The molecule has 5 heteroatoms. The fraction of sp³-hybridized carbons (Fsp3) is 0.333. The van der Waals surface area contributed by atoms with E-state index in [0.717, 1.165) is 16.9 Å². The molecule has 2 aromatic rings. The second kappa shape index (κ2) is 9.92. The number of rotatable bonds is 6. The number of amides is 2. The predicted molar refractivity (Wildman–Crippen MR) is 114 cm³/mol. The van der Waals surface area contributed by atoms with Crippen LogP contribution in [0.1, 0.15) is 36.9 Å². The van der Waals surface area contributed by atoms with E-state index < -0.39 is 0 Å². The van der Waals surface area contributed by atoms with Crippen molar-refractivity contribution in [3.8, 4) is 5.75 Å². The number of carbonyl (C=O) groups is 2. The minimum Gasteiger partial charge on any atom is -0.496 e. The van der Waals surface area contributed by atoms with Gasteiger partial charge in [0.05, 0.1) is 13.2 Å². The van der Waals surface area contributed by atoms with Crippen molar-refractivity contribution in [1.82, 2.24) is 10.2 Å². The Labute approximate surface area is 172 Å². The molecule has 3 rings (SSSR count). The van der Waals surface area contributed by atoms with Gasteiger partial charge in [0.2, 0.25) is 11.8 Å². The van der Waals surface area contributed by atoms with Gasteiger partial charge in [-0.3, -0.25) is 9.59 Å². The number of piperidine rings is 1. The molecule has 29 heavy (non-hydrogen) atoms. The second-order valence-electron chi connectivity index (χ2n) is 7.32. The summed E-state index contributed by atoms with van der Waals surface area (Å²) >= 11 is 0. The Hall–Kier alpha value is -3.08. The monoisotopic (exact) mass is 392 g/mol. The third-order valence-corrected chi connectivity index (χ3v) is 5.36. The smallest absolute Gasteiger partial charge is 0.246 e. The zero-order chi connectivity index (χ0) is 20.6. The lowest BCUT2D eigenvalue weighted by Crippen LogP contribution is -2.43. The van der Waals surface area contributed by atoms with E-state index in [9.17, 15) is 9.59 Å². The molecule has 152 valence electrons. The van der Waals surface area contributed by atoms with Gasteiger partial charge in [-0.05, 0) is 37.5 Å². The Morgan fingerprint density at radius 3 is 2.41 bits per heavy atom. The van der Waals surface area contributed by atoms with Crippen LogP contribution in [0.15, 0.2) is 60.7 Å². The van der Waals surface area contributed by atoms with E-state index in [1.807, 2.05) is 72.5 Å². The van der Waals surface area contributed by atoms with Gasteiger partial charge in [-0.2, -0.15) is 0 Å². The molecule has 5 nitrogen and oxygen atoms in total. The molecule has 0 unspecified atom stereocenters. The maximum Gasteiger partial charge on any atom is 0.246 e. The number of nitrogens with one attached hydrogen (secondary N) is 1. The van der Waals surface area contributed by atoms with Crippen LogP contribution in [0, 0.1) is 5.92 Å². The minimum absolute atomic E-state index is 0.00454. The molecule has 1 aliphatic rings. The van der Waals surface area contributed by atoms with Crippen LogP contribution in [0.3, 0.4) is 0 Å². The largest absolute Gasteiger partial charge is 0.496 e. The molecule has 1 N–H and O–H groups in total. The van der Waals surface area contributed by atoms with Crippen molar-refractivity contribution in [2.45, 2.75) is 25.8 Å². The predicted octanol–water partition coefficient (Wildman–Crippen LogP) is 3.82. The van der Waals surface area contributed by atoms with Crippen LogP contribution in [0.25, 0.3) is 6.08 Å². The third kappa shape index (κ3) is 5.47. The van der Waals surface area contributed by atoms with E-state index in [0.29, 0.717) is 25.9 Å². The molecule has 1 aliphatic heterocycles. The van der Waals surface area contributed by atoms with Crippen molar-refractivity contribution < 1.29 is 14.3 Å². The second-order valence-corrected chi connectivity index (χ2v) is 7.32. The number of ether oxygens (including phenoxy) is 1. The van der Waals surface area contributed by atoms with E-state index >= 15 is 0 Å². The summed E-state index contributed by atoms with van der Waals surface area (Å²) < 4.78 is 5.39. The van der Waals surface area contributed by atoms with E-state index in [2.05, 4.69) is 5.32 Å². The van der Waals surface area contributed by atoms with Crippen LogP contribution in [-0.4, -0.2) is 36.9 Å². The number of benzene rings is 2. The summed E-state index contributed by atoms with van der Waals surface area (Å²) in [5.74, 6) is 0.727. The number of methoxy groups -OCH3 is 1. The number of likely N-dealkylation sites (tertiary alicyclic amines) is 1. The molecule has 2 aromatic carbocycles. The first kappa shape index (κ1) is 20.6. The lowest BCUT2D eigenvalue weighted by Gasteiger charge is -2.31. The van der Waals surface area contributed by atoms with Crippen molar-refractivity contribution >= 4 is 17.9 Å². The van der Waals surface area contributed by atoms with E-state index in [1.54, 1.807) is 13.2 Å². The first-order valence-electron chi connectivity index (χ1n) is 10.0. The number of para-hydroxylation sites is 1. The number of hydrogen-bond acceptors (Lipinski definition) is 3. The van der Waals surface area contributed by atoms with Gasteiger partial charge in [0.25, 0.3) is 0 Å². The summed E-state index contributed by atoms with van der Waals surface area (Å²) in [4.78, 5) is 26.9. The Morgan fingerprint density at radius 2 is 1.72 bits per heavy atom. The Morgan fingerprint density at radius 1 is 1.07 bits per heavy atom. The van der Waals surface area contributed by atoms with Crippen molar-refractivity contribution in [2.75, 3.05) is 20.2 Å². The third-order valence-electron chi connectivity index (χ3n) is 5.36. The van der Waals surface area contributed by atoms with Crippen LogP contribution in [-0.2, 0) is 9.59 Å². The van der Waals surface area contributed by atoms with Gasteiger partial charge >= 0.3 is 0 Å². The normalized spacial score (nSPS) is 15.9. The first-order valence-corrected chi connectivity index (χ1v) is 10.0. The molecular formula is C24H28N2O3. The van der Waals surface area contributed by atoms with E-state index in [1.165, 1.54) is 0 Å². The van der Waals surface area contributed by atoms with Crippen molar-refractivity contribution in [3.63, 3.8) is 0 Å². The summed E-state index contributed by atoms with van der Waals surface area (Å²) in [6.07, 6.45) is 4.79. The molecular weight excluding hydrogens is 364 g/mol. The number of hydrogen-bond donors (Lipinski definition) is 1. The Kier molecular flexibility index (Phi) is 7.06. The molecule has 0 aromatic heterocycles. The van der Waals surface area contributed by atoms with Gasteiger partial charge in [0, 0.05) is 30.6 Å². The summed E-state index contributed by atoms with van der Waals surface area (Å²) in [5, 5.41) is 3.09. The van der Waals surface area contributed by atoms with Crippen molar-refractivity contribution in [3.05, 3.63) is 71.8 Å². The van der Waals surface area contributed by atoms with Crippen molar-refractivity contribution in [1.29, 1.82) is 0 Å². The zero-order valence-electron chi connectivity index (χ0n) is 17.0. The highest BCUT2D eigenvalue weighted by Crippen LogP contribution is 2.25. The standard InChI is InChI=1S/C24H28N2O3/c1-18(21-10-6-7-11-22(21)29-2)25-24(28)20-14-16-26(17-15-20)23(27)13-12-19-8-4-3-5-9-19/h3-13,18,20H,14-17H2,1-2H3,(H,25,28)/b13-12+/t18-/m0/s1. The zero-order valence-corrected chi connectivity index (χ0v) is 17.0. The molecule has 1 saturated heterocycles. The van der Waals surface area contributed by atoms with Gasteiger partial charge in [0.1, 0.15) is 5.75 Å². The van der Waals surface area contributed by atoms with Gasteiger partial charge in [-0.25, -0.2) is 0 Å². The quantitative estimate of drug-likeness (QED) is 0.760. The number of carbonyl (C=O) groups excluding carboxylic acids is 2. The first-order chi connectivity index (χ1) is 14.1. The van der Waals surface area contributed by atoms with Crippen LogP contribution < -0.4 is 10.1 Å². The summed E-state index contributed by atoms with van der Waals surface area (Å²) in [7, 11) is 1.63. The lowest BCUT2D eigenvalue weighted by atomic mass is 9.95. The highest BCUT2D eigenvalue weighted by molar-refractivity contribution is 5.92. The van der Waals surface area contributed by atoms with E-state index in [4.69, 9.17) is 4.74 Å². The lowest BCUT2D eigenvalue weighted by molar-refractivity contribution is -0.132. The van der Waals surface area contributed by atoms with Crippen LogP contribution >= 0.6 is 0 Å². The Balaban J connectivity index is 1.50. The average Bonchev–Trinajstić information content (AvgIpc) is 2.78. The van der Waals surface area contributed by atoms with Crippen LogP contribution in [0.2, 0.25) is 0 Å². The maximum absolute atomic E-state index is 12.7. The summed E-state index contributed by atoms with van der Waals surface area (Å²) in [5.41, 5.74) is 1.96. The molecule has 2 amide bonds. The van der Waals surface area contributed by atoms with Gasteiger partial charge in [-0.1, -0.05) is 48.5 Å². The summed E-state index contributed by atoms with van der Waals surface area (Å²) in [6.45, 7) is 3.15. The summed E-state index contributed by atoms with van der Waals surface area (Å²) in [6, 6.07) is 17.3. The molecule has 1 fully saturated rings. The fourth-order valence-electron chi connectivity index (χ4n) is 3.63. The molecule has 0 saturated carbocycles. The fourth-order valence-corrected chi connectivity index (χ4v) is 3.63. The topological polar surface area (TPSA) is 58.6 Å². The van der Waals surface area contributed by atoms with Crippen LogP contribution in [0.5, 0.6) is 5.75 Å². The SMILES string of the molecule is COc1ccccc1[C@H](C)NC(=O)C1CCN(C(=O)/C=C/c2ccccc2)CC1. The molecule has 0 bridgehead atoms. The van der Waals surface area contributed by atoms with Gasteiger partial charge < -0.3 is 15.0 Å². The molecule has 1 heterocycles. The van der Waals surface area contributed by atoms with Gasteiger partial charge in [0.15, 0.2) is 0 Å². The minimum atomic E-state index is -0.132.